The molecule has 1 amide bonds. The van der Waals surface area contributed by atoms with Crippen LogP contribution in [0.5, 0.6) is 0 Å². The van der Waals surface area contributed by atoms with Gasteiger partial charge in [-0.25, -0.2) is 0 Å². The molecule has 86 valence electrons. The average Bonchev–Trinajstić information content (AvgIpc) is 2.56. The average molecular weight is 220 g/mol. The number of benzene rings is 1. The summed E-state index contributed by atoms with van der Waals surface area (Å²) in [7, 11) is 1.73. The predicted molar refractivity (Wildman–Crippen MR) is 61.8 cm³/mol. The minimum absolute atomic E-state index is 0.0427. The first-order chi connectivity index (χ1) is 7.58. The van der Waals surface area contributed by atoms with E-state index in [0.29, 0.717) is 6.54 Å². The minimum atomic E-state index is -0.690. The Morgan fingerprint density at radius 3 is 2.50 bits per heavy atom. The number of para-hydroxylation sites is 1. The van der Waals surface area contributed by atoms with Crippen LogP contribution in [0.1, 0.15) is 6.92 Å². The Kier molecular flexibility index (Phi) is 2.59. The van der Waals surface area contributed by atoms with E-state index in [0.717, 1.165) is 5.69 Å². The second-order valence-electron chi connectivity index (χ2n) is 4.44. The molecule has 0 spiro atoms. The Morgan fingerprint density at radius 1 is 1.38 bits per heavy atom. The highest BCUT2D eigenvalue weighted by Crippen LogP contribution is 2.32. The minimum Gasteiger partial charge on any atom is -0.395 e. The number of anilines is 1. The van der Waals surface area contributed by atoms with Crippen LogP contribution in [0.3, 0.4) is 0 Å². The molecule has 0 aromatic heterocycles. The molecule has 0 aliphatic carbocycles. The van der Waals surface area contributed by atoms with Crippen LogP contribution in [0.2, 0.25) is 0 Å². The fourth-order valence-corrected chi connectivity index (χ4v) is 1.99. The molecule has 1 saturated heterocycles. The van der Waals surface area contributed by atoms with E-state index < -0.39 is 5.41 Å². The van der Waals surface area contributed by atoms with Gasteiger partial charge in [0.05, 0.1) is 24.3 Å². The lowest BCUT2D eigenvalue weighted by atomic mass is 9.92. The fourth-order valence-electron chi connectivity index (χ4n) is 1.99. The topological polar surface area (TPSA) is 43.8 Å². The molecule has 4 nitrogen and oxygen atoms in total. The molecule has 0 radical (unpaired) electrons. The largest absolute Gasteiger partial charge is 0.395 e. The lowest BCUT2D eigenvalue weighted by molar-refractivity contribution is -0.135. The van der Waals surface area contributed by atoms with Gasteiger partial charge in [0.15, 0.2) is 0 Å². The van der Waals surface area contributed by atoms with Gasteiger partial charge in [-0.15, -0.1) is 0 Å². The van der Waals surface area contributed by atoms with Crippen molar-refractivity contribution >= 4 is 11.6 Å². The van der Waals surface area contributed by atoms with Crippen molar-refractivity contribution in [3.63, 3.8) is 0 Å². The van der Waals surface area contributed by atoms with Crippen LogP contribution in [0.4, 0.5) is 5.69 Å². The number of amides is 1. The highest BCUT2D eigenvalue weighted by Gasteiger charge is 2.45. The summed E-state index contributed by atoms with van der Waals surface area (Å²) in [5, 5.41) is 12.8. The number of rotatable bonds is 2. The molecule has 1 fully saturated rings. The first kappa shape index (κ1) is 11.0. The van der Waals surface area contributed by atoms with Crippen LogP contribution in [0.15, 0.2) is 30.3 Å². The molecule has 1 heterocycles. The summed E-state index contributed by atoms with van der Waals surface area (Å²) >= 11 is 0. The molecular weight excluding hydrogens is 204 g/mol. The van der Waals surface area contributed by atoms with Gasteiger partial charge in [0.1, 0.15) is 0 Å². The fraction of sp³-hybridized carbons (Fsp3) is 0.417. The van der Waals surface area contributed by atoms with Crippen molar-refractivity contribution in [3.8, 4) is 0 Å². The van der Waals surface area contributed by atoms with Gasteiger partial charge < -0.3 is 5.11 Å². The van der Waals surface area contributed by atoms with Crippen molar-refractivity contribution in [1.82, 2.24) is 5.01 Å². The molecule has 2 rings (SSSR count). The van der Waals surface area contributed by atoms with E-state index in [1.54, 1.807) is 19.0 Å². The number of aliphatic hydroxyl groups excluding tert-OH is 1. The van der Waals surface area contributed by atoms with E-state index in [4.69, 9.17) is 0 Å². The number of carbonyl (C=O) groups is 1. The molecule has 4 heteroatoms. The first-order valence-electron chi connectivity index (χ1n) is 5.30. The Bertz CT molecular complexity index is 393. The maximum absolute atomic E-state index is 12.0. The quantitative estimate of drug-likeness (QED) is 0.804. The second kappa shape index (κ2) is 3.79. The van der Waals surface area contributed by atoms with E-state index in [2.05, 4.69) is 0 Å². The molecule has 0 bridgehead atoms. The third-order valence-electron chi connectivity index (χ3n) is 3.07. The molecule has 1 aromatic rings. The summed E-state index contributed by atoms with van der Waals surface area (Å²) in [5.74, 6) is -0.0427. The zero-order valence-electron chi connectivity index (χ0n) is 9.55. The van der Waals surface area contributed by atoms with Crippen molar-refractivity contribution in [3.05, 3.63) is 30.3 Å². The summed E-state index contributed by atoms with van der Waals surface area (Å²) in [4.78, 5) is 12.0. The number of aliphatic hydroxyl groups is 1. The Balaban J connectivity index is 2.30. The molecule has 1 N–H and O–H groups in total. The van der Waals surface area contributed by atoms with Crippen molar-refractivity contribution in [1.29, 1.82) is 0 Å². The standard InChI is InChI=1S/C12H16N2O2/c1-12(9-15)8-14(13(2)11(12)16)10-6-4-3-5-7-10/h3-7,15H,8-9H2,1-2H3. The maximum Gasteiger partial charge on any atom is 0.250 e. The number of hydrogen-bond acceptors (Lipinski definition) is 3. The van der Waals surface area contributed by atoms with Gasteiger partial charge in [0.25, 0.3) is 5.91 Å². The lowest BCUT2D eigenvalue weighted by Gasteiger charge is -2.25. The molecule has 16 heavy (non-hydrogen) atoms. The molecule has 1 unspecified atom stereocenters. The van der Waals surface area contributed by atoms with E-state index in [-0.39, 0.29) is 12.5 Å². The van der Waals surface area contributed by atoms with E-state index in [1.807, 2.05) is 35.3 Å². The van der Waals surface area contributed by atoms with Crippen LogP contribution >= 0.6 is 0 Å². The normalized spacial score (nSPS) is 25.3. The Labute approximate surface area is 95.1 Å². The number of nitrogens with zero attached hydrogens (tertiary/aromatic N) is 2. The van der Waals surface area contributed by atoms with Gasteiger partial charge in [0, 0.05) is 7.05 Å². The number of hydrogen-bond donors (Lipinski definition) is 1. The highest BCUT2D eigenvalue weighted by molar-refractivity contribution is 5.87. The third kappa shape index (κ3) is 1.55. The van der Waals surface area contributed by atoms with Crippen LogP contribution in [0.25, 0.3) is 0 Å². The molecule has 1 atom stereocenters. The van der Waals surface area contributed by atoms with Crippen LogP contribution in [-0.4, -0.2) is 36.2 Å². The van der Waals surface area contributed by atoms with E-state index in [1.165, 1.54) is 0 Å². The summed E-state index contributed by atoms with van der Waals surface area (Å²) in [6.07, 6.45) is 0. The van der Waals surface area contributed by atoms with E-state index >= 15 is 0 Å². The lowest BCUT2D eigenvalue weighted by Crippen LogP contribution is -2.36. The summed E-state index contributed by atoms with van der Waals surface area (Å²) in [6.45, 7) is 2.18. The van der Waals surface area contributed by atoms with Crippen LogP contribution < -0.4 is 5.01 Å². The van der Waals surface area contributed by atoms with Gasteiger partial charge in [0.2, 0.25) is 0 Å². The summed E-state index contributed by atoms with van der Waals surface area (Å²) < 4.78 is 0. The summed E-state index contributed by atoms with van der Waals surface area (Å²) in [6, 6.07) is 9.71. The van der Waals surface area contributed by atoms with Crippen molar-refractivity contribution in [2.75, 3.05) is 25.2 Å². The van der Waals surface area contributed by atoms with Gasteiger partial charge in [-0.3, -0.25) is 14.8 Å². The molecule has 1 aliphatic rings. The smallest absolute Gasteiger partial charge is 0.250 e. The Morgan fingerprint density at radius 2 is 2.00 bits per heavy atom. The highest BCUT2D eigenvalue weighted by atomic mass is 16.3. The SMILES string of the molecule is CN1C(=O)C(C)(CO)CN1c1ccccc1. The zero-order valence-corrected chi connectivity index (χ0v) is 9.55. The zero-order chi connectivity index (χ0) is 11.8. The van der Waals surface area contributed by atoms with Gasteiger partial charge >= 0.3 is 0 Å². The second-order valence-corrected chi connectivity index (χ2v) is 4.44. The molecule has 1 aromatic carbocycles. The number of hydrazine groups is 1. The van der Waals surface area contributed by atoms with E-state index in [9.17, 15) is 9.90 Å². The molecule has 0 saturated carbocycles. The van der Waals surface area contributed by atoms with Crippen LogP contribution in [0, 0.1) is 5.41 Å². The predicted octanol–water partition coefficient (Wildman–Crippen LogP) is 0.879. The Hall–Kier alpha value is -1.55. The van der Waals surface area contributed by atoms with Gasteiger partial charge in [-0.1, -0.05) is 18.2 Å². The van der Waals surface area contributed by atoms with Gasteiger partial charge in [-0.2, -0.15) is 0 Å². The van der Waals surface area contributed by atoms with Crippen LogP contribution in [-0.2, 0) is 4.79 Å². The van der Waals surface area contributed by atoms with Gasteiger partial charge in [-0.05, 0) is 19.1 Å². The van der Waals surface area contributed by atoms with Crippen molar-refractivity contribution < 1.29 is 9.90 Å². The first-order valence-corrected chi connectivity index (χ1v) is 5.30. The number of carbonyl (C=O) groups excluding carboxylic acids is 1. The van der Waals surface area contributed by atoms with Crippen molar-refractivity contribution in [2.24, 2.45) is 5.41 Å². The molecule has 1 aliphatic heterocycles. The third-order valence-corrected chi connectivity index (χ3v) is 3.07. The van der Waals surface area contributed by atoms with Crippen molar-refractivity contribution in [2.45, 2.75) is 6.92 Å². The summed E-state index contributed by atoms with van der Waals surface area (Å²) in [5.41, 5.74) is 0.278. The molecular formula is C12H16N2O2. The maximum atomic E-state index is 12.0. The monoisotopic (exact) mass is 220 g/mol.